The lowest BCUT2D eigenvalue weighted by molar-refractivity contribution is -0.180. The molecule has 4 heteroatoms. The second-order valence-corrected chi connectivity index (χ2v) is 9.80. The quantitative estimate of drug-likeness (QED) is 0.437. The van der Waals surface area contributed by atoms with E-state index in [0.717, 1.165) is 19.3 Å². The van der Waals surface area contributed by atoms with Crippen molar-refractivity contribution in [2.45, 2.75) is 87.2 Å². The highest BCUT2D eigenvalue weighted by molar-refractivity contribution is 6.00. The lowest BCUT2D eigenvalue weighted by Crippen LogP contribution is -2.47. The van der Waals surface area contributed by atoms with Gasteiger partial charge in [0.15, 0.2) is 5.41 Å². The molecule has 3 unspecified atom stereocenters. The van der Waals surface area contributed by atoms with Gasteiger partial charge in [-0.05, 0) is 61.2 Å². The summed E-state index contributed by atoms with van der Waals surface area (Å²) in [5, 5.41) is 10.2. The molecule has 0 heterocycles. The first-order chi connectivity index (χ1) is 11.9. The van der Waals surface area contributed by atoms with Crippen molar-refractivity contribution in [1.29, 1.82) is 0 Å². The Kier molecular flexibility index (Phi) is 8.16. The molecule has 0 aromatic carbocycles. The molecule has 0 aromatic rings. The highest BCUT2D eigenvalue weighted by atomic mass is 16.5. The van der Waals surface area contributed by atoms with Gasteiger partial charge in [-0.2, -0.15) is 0 Å². The number of carboxylic acid groups (broad SMARTS) is 1. The summed E-state index contributed by atoms with van der Waals surface area (Å²) >= 11 is 0. The van der Waals surface area contributed by atoms with Gasteiger partial charge in [0.1, 0.15) is 6.10 Å². The number of hydrogen-bond acceptors (Lipinski definition) is 3. The van der Waals surface area contributed by atoms with Crippen LogP contribution < -0.4 is 0 Å². The molecule has 0 bridgehead atoms. The van der Waals surface area contributed by atoms with Gasteiger partial charge in [-0.1, -0.05) is 55.4 Å². The molecule has 0 aliphatic heterocycles. The lowest BCUT2D eigenvalue weighted by atomic mass is 9.70. The third-order valence-corrected chi connectivity index (χ3v) is 5.91. The minimum Gasteiger partial charge on any atom is -0.480 e. The van der Waals surface area contributed by atoms with Crippen LogP contribution in [0.4, 0.5) is 0 Å². The number of rotatable bonds is 9. The summed E-state index contributed by atoms with van der Waals surface area (Å²) in [6.45, 7) is 16.6. The predicted octanol–water partition coefficient (Wildman–Crippen LogP) is 5.40. The third kappa shape index (κ3) is 5.01. The van der Waals surface area contributed by atoms with E-state index in [4.69, 9.17) is 4.74 Å². The standard InChI is InChI=1S/C22H40O4/c1-13(2)11-17-9-10-22(20(23)24,18(17)12-14(3)4)21(25)26-19(15(5)6)16(7)8/h13-19H,9-12H2,1-8H3,(H,23,24). The van der Waals surface area contributed by atoms with Gasteiger partial charge in [0.2, 0.25) is 0 Å². The summed E-state index contributed by atoms with van der Waals surface area (Å²) in [4.78, 5) is 25.7. The molecule has 1 aliphatic carbocycles. The Hall–Kier alpha value is -1.06. The summed E-state index contributed by atoms with van der Waals surface area (Å²) in [7, 11) is 0. The third-order valence-electron chi connectivity index (χ3n) is 5.91. The van der Waals surface area contributed by atoms with Gasteiger partial charge in [0.25, 0.3) is 0 Å². The molecule has 1 rings (SSSR count). The maximum atomic E-state index is 13.2. The van der Waals surface area contributed by atoms with Crippen molar-refractivity contribution in [2.24, 2.45) is 40.9 Å². The summed E-state index contributed by atoms with van der Waals surface area (Å²) in [5.41, 5.74) is -1.38. The van der Waals surface area contributed by atoms with Crippen LogP contribution in [-0.2, 0) is 14.3 Å². The van der Waals surface area contributed by atoms with E-state index < -0.39 is 17.4 Å². The smallest absolute Gasteiger partial charge is 0.324 e. The molecule has 4 nitrogen and oxygen atoms in total. The molecular weight excluding hydrogens is 328 g/mol. The summed E-state index contributed by atoms with van der Waals surface area (Å²) in [6.07, 6.45) is 2.68. The Morgan fingerprint density at radius 1 is 0.962 bits per heavy atom. The fraction of sp³-hybridized carbons (Fsp3) is 0.909. The number of carbonyl (C=O) groups excluding carboxylic acids is 1. The van der Waals surface area contributed by atoms with Gasteiger partial charge >= 0.3 is 11.9 Å². The average Bonchev–Trinajstić information content (AvgIpc) is 2.82. The lowest BCUT2D eigenvalue weighted by Gasteiger charge is -2.36. The second-order valence-electron chi connectivity index (χ2n) is 9.80. The van der Waals surface area contributed by atoms with Crippen LogP contribution in [0.5, 0.6) is 0 Å². The molecule has 3 atom stereocenters. The summed E-state index contributed by atoms with van der Waals surface area (Å²) in [6, 6.07) is 0. The predicted molar refractivity (Wildman–Crippen MR) is 105 cm³/mol. The zero-order chi connectivity index (χ0) is 20.2. The Bertz CT molecular complexity index is 473. The van der Waals surface area contributed by atoms with Gasteiger partial charge in [0, 0.05) is 0 Å². The number of carboxylic acids is 1. The maximum Gasteiger partial charge on any atom is 0.324 e. The molecule has 26 heavy (non-hydrogen) atoms. The van der Waals surface area contributed by atoms with Crippen LogP contribution in [0.2, 0.25) is 0 Å². The molecule has 1 aliphatic rings. The topological polar surface area (TPSA) is 63.6 Å². The van der Waals surface area contributed by atoms with E-state index in [2.05, 4.69) is 27.7 Å². The molecule has 0 saturated heterocycles. The zero-order valence-corrected chi connectivity index (χ0v) is 18.0. The maximum absolute atomic E-state index is 13.2. The van der Waals surface area contributed by atoms with Crippen LogP contribution in [0.3, 0.4) is 0 Å². The molecule has 1 saturated carbocycles. The monoisotopic (exact) mass is 368 g/mol. The number of ether oxygens (including phenoxy) is 1. The first-order valence-electron chi connectivity index (χ1n) is 10.4. The van der Waals surface area contributed by atoms with Gasteiger partial charge in [-0.25, -0.2) is 0 Å². The minimum absolute atomic E-state index is 0.144. The first-order valence-corrected chi connectivity index (χ1v) is 10.4. The van der Waals surface area contributed by atoms with E-state index in [1.165, 1.54) is 0 Å². The number of carbonyl (C=O) groups is 2. The van der Waals surface area contributed by atoms with E-state index in [9.17, 15) is 14.7 Å². The van der Waals surface area contributed by atoms with Crippen molar-refractivity contribution < 1.29 is 19.4 Å². The largest absolute Gasteiger partial charge is 0.480 e. The molecule has 1 fully saturated rings. The highest BCUT2D eigenvalue weighted by Crippen LogP contribution is 2.53. The molecule has 0 spiro atoms. The Morgan fingerprint density at radius 2 is 1.46 bits per heavy atom. The van der Waals surface area contributed by atoms with Crippen molar-refractivity contribution in [3.05, 3.63) is 0 Å². The molecule has 0 aromatic heterocycles. The van der Waals surface area contributed by atoms with E-state index >= 15 is 0 Å². The zero-order valence-electron chi connectivity index (χ0n) is 18.0. The van der Waals surface area contributed by atoms with Gasteiger partial charge in [-0.3, -0.25) is 9.59 Å². The van der Waals surface area contributed by atoms with Crippen molar-refractivity contribution in [3.63, 3.8) is 0 Å². The fourth-order valence-corrected chi connectivity index (χ4v) is 4.87. The fourth-order valence-electron chi connectivity index (χ4n) is 4.87. The van der Waals surface area contributed by atoms with Gasteiger partial charge < -0.3 is 9.84 Å². The average molecular weight is 369 g/mol. The van der Waals surface area contributed by atoms with Crippen molar-refractivity contribution in [1.82, 2.24) is 0 Å². The Morgan fingerprint density at radius 3 is 1.85 bits per heavy atom. The SMILES string of the molecule is CC(C)CC1CCC(C(=O)O)(C(=O)OC(C(C)C)C(C)C)C1CC(C)C. The Balaban J connectivity index is 3.22. The second kappa shape index (κ2) is 9.23. The highest BCUT2D eigenvalue weighted by Gasteiger charge is 2.60. The normalized spacial score (nSPS) is 26.5. The van der Waals surface area contributed by atoms with Crippen LogP contribution in [-0.4, -0.2) is 23.1 Å². The van der Waals surface area contributed by atoms with Crippen molar-refractivity contribution >= 4 is 11.9 Å². The van der Waals surface area contributed by atoms with E-state index in [1.807, 2.05) is 27.7 Å². The van der Waals surface area contributed by atoms with Crippen LogP contribution in [0.15, 0.2) is 0 Å². The van der Waals surface area contributed by atoms with Crippen molar-refractivity contribution in [3.8, 4) is 0 Å². The first kappa shape index (κ1) is 23.0. The summed E-state index contributed by atoms with van der Waals surface area (Å²) in [5.74, 6) is -0.186. The summed E-state index contributed by atoms with van der Waals surface area (Å²) < 4.78 is 5.87. The van der Waals surface area contributed by atoms with Crippen LogP contribution in [0.25, 0.3) is 0 Å². The van der Waals surface area contributed by atoms with E-state index in [-0.39, 0.29) is 29.8 Å². The van der Waals surface area contributed by atoms with Gasteiger partial charge in [0.05, 0.1) is 0 Å². The number of hydrogen-bond donors (Lipinski definition) is 1. The molecule has 152 valence electrons. The van der Waals surface area contributed by atoms with Gasteiger partial charge in [-0.15, -0.1) is 0 Å². The van der Waals surface area contributed by atoms with E-state index in [1.54, 1.807) is 0 Å². The number of esters is 1. The molecule has 0 amide bonds. The van der Waals surface area contributed by atoms with Crippen LogP contribution >= 0.6 is 0 Å². The Labute approximate surface area is 160 Å². The van der Waals surface area contributed by atoms with Crippen LogP contribution in [0, 0.1) is 40.9 Å². The minimum atomic E-state index is -1.38. The van der Waals surface area contributed by atoms with Crippen molar-refractivity contribution in [2.75, 3.05) is 0 Å². The molecule has 1 N–H and O–H groups in total. The molecular formula is C22H40O4. The molecule has 0 radical (unpaired) electrons. The van der Waals surface area contributed by atoms with E-state index in [0.29, 0.717) is 18.3 Å². The number of aliphatic carboxylic acids is 1. The van der Waals surface area contributed by atoms with Crippen LogP contribution in [0.1, 0.15) is 81.1 Å².